The maximum absolute atomic E-state index is 12.9. The van der Waals surface area contributed by atoms with Crippen molar-refractivity contribution < 1.29 is 13.2 Å². The Kier molecular flexibility index (Phi) is 6.87. The summed E-state index contributed by atoms with van der Waals surface area (Å²) in [5.41, 5.74) is 2.74. The predicted molar refractivity (Wildman–Crippen MR) is 126 cm³/mol. The fourth-order valence-corrected chi connectivity index (χ4v) is 4.86. The molecule has 0 aliphatic carbocycles. The number of sulfonamides is 1. The van der Waals surface area contributed by atoms with Gasteiger partial charge in [0.1, 0.15) is 0 Å². The third-order valence-electron chi connectivity index (χ3n) is 5.65. The van der Waals surface area contributed by atoms with Crippen LogP contribution in [0.1, 0.15) is 15.9 Å². The number of piperazine rings is 1. The molecule has 1 aliphatic rings. The Bertz CT molecular complexity index is 1130. The first-order valence-electron chi connectivity index (χ1n) is 10.8. The number of carbonyl (C=O) groups excluding carboxylic acids is 1. The van der Waals surface area contributed by atoms with Crippen molar-refractivity contribution in [3.63, 3.8) is 0 Å². The molecule has 1 fully saturated rings. The molecule has 3 aromatic carbocycles. The molecule has 1 heterocycles. The van der Waals surface area contributed by atoms with Crippen LogP contribution >= 0.6 is 0 Å². The normalized spacial score (nSPS) is 14.4. The molecule has 3 aromatic rings. The van der Waals surface area contributed by atoms with E-state index >= 15 is 0 Å². The first-order chi connectivity index (χ1) is 15.5. The number of hydrogen-bond acceptors (Lipinski definition) is 4. The Morgan fingerprint density at radius 1 is 0.781 bits per heavy atom. The molecular weight excluding hydrogens is 422 g/mol. The number of nitrogens with zero attached hydrogens (tertiary/aromatic N) is 2. The van der Waals surface area contributed by atoms with Crippen molar-refractivity contribution in [3.05, 3.63) is 96.1 Å². The predicted octanol–water partition coefficient (Wildman–Crippen LogP) is 3.17. The largest absolute Gasteiger partial charge is 0.368 e. The summed E-state index contributed by atoms with van der Waals surface area (Å²) in [5, 5.41) is 0. The molecule has 0 unspecified atom stereocenters. The van der Waals surface area contributed by atoms with Crippen LogP contribution in [0.4, 0.5) is 5.69 Å². The molecular formula is C25H27N3O3S. The number of anilines is 1. The minimum Gasteiger partial charge on any atom is -0.368 e. The summed E-state index contributed by atoms with van der Waals surface area (Å²) in [4.78, 5) is 17.1. The van der Waals surface area contributed by atoms with Gasteiger partial charge in [0.15, 0.2) is 0 Å². The maximum Gasteiger partial charge on any atom is 0.253 e. The molecule has 0 radical (unpaired) electrons. The fourth-order valence-electron chi connectivity index (χ4n) is 3.82. The molecule has 0 spiro atoms. The van der Waals surface area contributed by atoms with E-state index in [1.807, 2.05) is 53.4 Å². The van der Waals surface area contributed by atoms with Crippen LogP contribution in [0.15, 0.2) is 89.8 Å². The van der Waals surface area contributed by atoms with E-state index in [4.69, 9.17) is 0 Å². The first-order valence-corrected chi connectivity index (χ1v) is 12.2. The highest BCUT2D eigenvalue weighted by molar-refractivity contribution is 7.89. The Balaban J connectivity index is 1.32. The van der Waals surface area contributed by atoms with Gasteiger partial charge in [-0.1, -0.05) is 48.5 Å². The lowest BCUT2D eigenvalue weighted by Crippen LogP contribution is -2.48. The summed E-state index contributed by atoms with van der Waals surface area (Å²) in [5.74, 6) is -0.0707. The number of hydrogen-bond donors (Lipinski definition) is 1. The van der Waals surface area contributed by atoms with E-state index in [9.17, 15) is 13.2 Å². The average Bonchev–Trinajstić information content (AvgIpc) is 2.85. The van der Waals surface area contributed by atoms with Gasteiger partial charge >= 0.3 is 0 Å². The van der Waals surface area contributed by atoms with Crippen LogP contribution in [-0.2, 0) is 16.4 Å². The summed E-state index contributed by atoms with van der Waals surface area (Å²) in [6.45, 7) is 3.13. The van der Waals surface area contributed by atoms with E-state index < -0.39 is 10.0 Å². The molecule has 0 saturated carbocycles. The van der Waals surface area contributed by atoms with Crippen LogP contribution in [0.3, 0.4) is 0 Å². The second kappa shape index (κ2) is 9.97. The quantitative estimate of drug-likeness (QED) is 0.602. The molecule has 32 heavy (non-hydrogen) atoms. The second-order valence-corrected chi connectivity index (χ2v) is 9.54. The molecule has 0 atom stereocenters. The van der Waals surface area contributed by atoms with E-state index in [-0.39, 0.29) is 10.8 Å². The van der Waals surface area contributed by atoms with Crippen LogP contribution in [0.5, 0.6) is 0 Å². The first kappa shape index (κ1) is 22.0. The highest BCUT2D eigenvalue weighted by atomic mass is 32.2. The van der Waals surface area contributed by atoms with Crippen molar-refractivity contribution in [2.75, 3.05) is 37.6 Å². The van der Waals surface area contributed by atoms with E-state index in [1.54, 1.807) is 12.1 Å². The zero-order valence-electron chi connectivity index (χ0n) is 17.9. The van der Waals surface area contributed by atoms with Crippen molar-refractivity contribution in [1.82, 2.24) is 9.62 Å². The van der Waals surface area contributed by atoms with Gasteiger partial charge in [0.25, 0.3) is 5.91 Å². The number of rotatable bonds is 7. The Hall–Kier alpha value is -3.16. The van der Waals surface area contributed by atoms with E-state index in [2.05, 4.69) is 21.8 Å². The Morgan fingerprint density at radius 3 is 2.00 bits per heavy atom. The van der Waals surface area contributed by atoms with E-state index in [1.165, 1.54) is 12.1 Å². The van der Waals surface area contributed by atoms with Crippen molar-refractivity contribution >= 4 is 21.6 Å². The molecule has 1 amide bonds. The molecule has 6 nitrogen and oxygen atoms in total. The van der Waals surface area contributed by atoms with Gasteiger partial charge in [-0.2, -0.15) is 0 Å². The van der Waals surface area contributed by atoms with Crippen LogP contribution < -0.4 is 9.62 Å². The summed E-state index contributed by atoms with van der Waals surface area (Å²) in [7, 11) is -3.62. The average molecular weight is 450 g/mol. The molecule has 1 N–H and O–H groups in total. The fraction of sp³-hybridized carbons (Fsp3) is 0.240. The highest BCUT2D eigenvalue weighted by Gasteiger charge is 2.23. The lowest BCUT2D eigenvalue weighted by atomic mass is 10.1. The van der Waals surface area contributed by atoms with Gasteiger partial charge in [0.05, 0.1) is 4.90 Å². The molecule has 166 valence electrons. The summed E-state index contributed by atoms with van der Waals surface area (Å²) >= 11 is 0. The SMILES string of the molecule is O=C(c1ccc(S(=O)(=O)NCCc2ccccc2)cc1)N1CCN(c2ccccc2)CC1. The number of carbonyl (C=O) groups is 1. The lowest BCUT2D eigenvalue weighted by molar-refractivity contribution is 0.0746. The minimum atomic E-state index is -3.62. The molecule has 0 aromatic heterocycles. The minimum absolute atomic E-state index is 0.0707. The second-order valence-electron chi connectivity index (χ2n) is 7.77. The molecule has 1 saturated heterocycles. The Morgan fingerprint density at radius 2 is 1.38 bits per heavy atom. The number of nitrogens with one attached hydrogen (secondary N) is 1. The smallest absolute Gasteiger partial charge is 0.253 e. The van der Waals surface area contributed by atoms with Gasteiger partial charge in [-0.25, -0.2) is 13.1 Å². The third-order valence-corrected chi connectivity index (χ3v) is 7.13. The van der Waals surface area contributed by atoms with Crippen molar-refractivity contribution in [1.29, 1.82) is 0 Å². The van der Waals surface area contributed by atoms with Crippen LogP contribution in [-0.4, -0.2) is 51.9 Å². The Labute approximate surface area is 189 Å². The van der Waals surface area contributed by atoms with Gasteiger partial charge in [-0.05, 0) is 48.4 Å². The molecule has 7 heteroatoms. The van der Waals surface area contributed by atoms with Crippen LogP contribution in [0, 0.1) is 0 Å². The lowest BCUT2D eigenvalue weighted by Gasteiger charge is -2.36. The van der Waals surface area contributed by atoms with Crippen molar-refractivity contribution in [2.45, 2.75) is 11.3 Å². The van der Waals surface area contributed by atoms with Gasteiger partial charge in [0.2, 0.25) is 10.0 Å². The van der Waals surface area contributed by atoms with Crippen LogP contribution in [0.25, 0.3) is 0 Å². The monoisotopic (exact) mass is 449 g/mol. The summed E-state index contributed by atoms with van der Waals surface area (Å²) in [6.07, 6.45) is 0.617. The van der Waals surface area contributed by atoms with Gasteiger partial charge in [-0.15, -0.1) is 0 Å². The molecule has 4 rings (SSSR count). The summed E-state index contributed by atoms with van der Waals surface area (Å²) < 4.78 is 27.8. The van der Waals surface area contributed by atoms with Crippen molar-refractivity contribution in [2.24, 2.45) is 0 Å². The highest BCUT2D eigenvalue weighted by Crippen LogP contribution is 2.18. The van der Waals surface area contributed by atoms with Gasteiger partial charge in [-0.3, -0.25) is 4.79 Å². The zero-order chi connectivity index (χ0) is 22.4. The number of amides is 1. The number of benzene rings is 3. The van der Waals surface area contributed by atoms with Crippen molar-refractivity contribution in [3.8, 4) is 0 Å². The van der Waals surface area contributed by atoms with E-state index in [0.717, 1.165) is 24.3 Å². The maximum atomic E-state index is 12.9. The van der Waals surface area contributed by atoms with E-state index in [0.29, 0.717) is 31.6 Å². The van der Waals surface area contributed by atoms with Gasteiger partial charge < -0.3 is 9.80 Å². The molecule has 1 aliphatic heterocycles. The molecule has 0 bridgehead atoms. The zero-order valence-corrected chi connectivity index (χ0v) is 18.7. The van der Waals surface area contributed by atoms with Crippen LogP contribution in [0.2, 0.25) is 0 Å². The number of para-hydroxylation sites is 1. The van der Waals surface area contributed by atoms with Gasteiger partial charge in [0, 0.05) is 44.0 Å². The summed E-state index contributed by atoms with van der Waals surface area (Å²) in [6, 6.07) is 26.1. The third kappa shape index (κ3) is 5.36. The topological polar surface area (TPSA) is 69.7 Å². The standard InChI is InChI=1S/C25H27N3O3S/c29-25(28-19-17-27(18-20-28)23-9-5-2-6-10-23)22-11-13-24(14-12-22)32(30,31)26-16-15-21-7-3-1-4-8-21/h1-14,26H,15-20H2.